The molecule has 1 N–H and O–H groups in total. The lowest BCUT2D eigenvalue weighted by molar-refractivity contribution is 0.237. The van der Waals surface area contributed by atoms with Gasteiger partial charge in [-0.05, 0) is 51.4 Å². The lowest BCUT2D eigenvalue weighted by Crippen LogP contribution is -2.33. The quantitative estimate of drug-likeness (QED) is 0.901. The van der Waals surface area contributed by atoms with Crippen LogP contribution in [-0.2, 0) is 0 Å². The summed E-state index contributed by atoms with van der Waals surface area (Å²) in [4.78, 5) is 6.91. The van der Waals surface area contributed by atoms with Crippen LogP contribution >= 0.6 is 0 Å². The predicted molar refractivity (Wildman–Crippen MR) is 77.2 cm³/mol. The Kier molecular flexibility index (Phi) is 4.75. The Labute approximate surface area is 115 Å². The number of anilines is 1. The molecule has 2 rings (SSSR count). The summed E-state index contributed by atoms with van der Waals surface area (Å²) in [5.74, 6) is 0.733. The Hall–Kier alpha value is -1.60. The van der Waals surface area contributed by atoms with Gasteiger partial charge in [0.2, 0.25) is 0 Å². The SMILES string of the molecule is Cc1cc(C)c(C#N)c(NCCN2CCCCC2)n1. The van der Waals surface area contributed by atoms with Crippen LogP contribution in [0.4, 0.5) is 5.82 Å². The molecule has 102 valence electrons. The molecule has 1 aliphatic rings. The Bertz CT molecular complexity index is 470. The summed E-state index contributed by atoms with van der Waals surface area (Å²) in [6.45, 7) is 8.21. The molecule has 1 fully saturated rings. The monoisotopic (exact) mass is 258 g/mol. The molecule has 0 aliphatic carbocycles. The average Bonchev–Trinajstić information content (AvgIpc) is 2.39. The largest absolute Gasteiger partial charge is 0.368 e. The van der Waals surface area contributed by atoms with E-state index in [2.05, 4.69) is 21.3 Å². The Morgan fingerprint density at radius 2 is 2.05 bits per heavy atom. The molecule has 2 heterocycles. The second-order valence-electron chi connectivity index (χ2n) is 5.25. The maximum atomic E-state index is 9.20. The predicted octanol–water partition coefficient (Wildman–Crippen LogP) is 2.47. The summed E-state index contributed by atoms with van der Waals surface area (Å²) in [7, 11) is 0. The summed E-state index contributed by atoms with van der Waals surface area (Å²) in [6, 6.07) is 4.19. The molecule has 0 amide bonds. The molecular formula is C15H22N4. The zero-order chi connectivity index (χ0) is 13.7. The van der Waals surface area contributed by atoms with E-state index in [9.17, 15) is 5.26 Å². The highest BCUT2D eigenvalue weighted by Gasteiger charge is 2.11. The summed E-state index contributed by atoms with van der Waals surface area (Å²) in [6.07, 6.45) is 3.98. The number of aryl methyl sites for hydroxylation is 2. The first kappa shape index (κ1) is 13.8. The summed E-state index contributed by atoms with van der Waals surface area (Å²) in [5.41, 5.74) is 2.62. The van der Waals surface area contributed by atoms with Crippen molar-refractivity contribution in [1.82, 2.24) is 9.88 Å². The van der Waals surface area contributed by atoms with Gasteiger partial charge < -0.3 is 10.2 Å². The van der Waals surface area contributed by atoms with Crippen LogP contribution in [0.15, 0.2) is 6.07 Å². The topological polar surface area (TPSA) is 52.0 Å². The first-order chi connectivity index (χ1) is 9.20. The molecule has 0 spiro atoms. The van der Waals surface area contributed by atoms with Gasteiger partial charge in [-0.25, -0.2) is 4.98 Å². The van der Waals surface area contributed by atoms with E-state index in [-0.39, 0.29) is 0 Å². The van der Waals surface area contributed by atoms with Crippen molar-refractivity contribution in [3.63, 3.8) is 0 Å². The van der Waals surface area contributed by atoms with Crippen molar-refractivity contribution in [2.24, 2.45) is 0 Å². The van der Waals surface area contributed by atoms with Crippen LogP contribution in [0, 0.1) is 25.2 Å². The van der Waals surface area contributed by atoms with Gasteiger partial charge in [-0.15, -0.1) is 0 Å². The van der Waals surface area contributed by atoms with E-state index in [0.29, 0.717) is 5.56 Å². The maximum absolute atomic E-state index is 9.20. The van der Waals surface area contributed by atoms with E-state index in [1.807, 2.05) is 19.9 Å². The smallest absolute Gasteiger partial charge is 0.144 e. The van der Waals surface area contributed by atoms with E-state index in [4.69, 9.17) is 0 Å². The highest BCUT2D eigenvalue weighted by molar-refractivity contribution is 5.56. The first-order valence-electron chi connectivity index (χ1n) is 7.05. The van der Waals surface area contributed by atoms with Gasteiger partial charge >= 0.3 is 0 Å². The molecule has 19 heavy (non-hydrogen) atoms. The van der Waals surface area contributed by atoms with Crippen LogP contribution in [0.5, 0.6) is 0 Å². The minimum atomic E-state index is 0.671. The Balaban J connectivity index is 1.93. The molecule has 0 atom stereocenters. The Morgan fingerprint density at radius 3 is 2.74 bits per heavy atom. The molecule has 0 aromatic carbocycles. The molecule has 4 heteroatoms. The molecule has 1 aliphatic heterocycles. The molecule has 0 radical (unpaired) electrons. The number of likely N-dealkylation sites (tertiary alicyclic amines) is 1. The highest BCUT2D eigenvalue weighted by Crippen LogP contribution is 2.17. The number of hydrogen-bond donors (Lipinski definition) is 1. The van der Waals surface area contributed by atoms with Crippen LogP contribution in [0.25, 0.3) is 0 Å². The van der Waals surface area contributed by atoms with Crippen molar-refractivity contribution in [3.8, 4) is 6.07 Å². The number of nitrogens with zero attached hydrogens (tertiary/aromatic N) is 3. The van der Waals surface area contributed by atoms with Crippen LogP contribution < -0.4 is 5.32 Å². The highest BCUT2D eigenvalue weighted by atomic mass is 15.1. The molecule has 4 nitrogen and oxygen atoms in total. The third-order valence-electron chi connectivity index (χ3n) is 3.63. The fourth-order valence-corrected chi connectivity index (χ4v) is 2.62. The fraction of sp³-hybridized carbons (Fsp3) is 0.600. The zero-order valence-corrected chi connectivity index (χ0v) is 11.9. The van der Waals surface area contributed by atoms with E-state index in [1.165, 1.54) is 32.4 Å². The third-order valence-corrected chi connectivity index (χ3v) is 3.63. The molecule has 1 aromatic rings. The number of nitriles is 1. The number of hydrogen-bond acceptors (Lipinski definition) is 4. The lowest BCUT2D eigenvalue weighted by atomic mass is 10.1. The summed E-state index contributed by atoms with van der Waals surface area (Å²) < 4.78 is 0. The number of rotatable bonds is 4. The van der Waals surface area contributed by atoms with Crippen LogP contribution in [0.2, 0.25) is 0 Å². The van der Waals surface area contributed by atoms with Gasteiger partial charge in [0.15, 0.2) is 0 Å². The second-order valence-corrected chi connectivity index (χ2v) is 5.25. The first-order valence-corrected chi connectivity index (χ1v) is 7.05. The van der Waals surface area contributed by atoms with Gasteiger partial charge in [0.25, 0.3) is 0 Å². The molecular weight excluding hydrogens is 236 g/mol. The fourth-order valence-electron chi connectivity index (χ4n) is 2.62. The number of nitrogens with one attached hydrogen (secondary N) is 1. The van der Waals surface area contributed by atoms with Crippen molar-refractivity contribution in [2.45, 2.75) is 33.1 Å². The van der Waals surface area contributed by atoms with Crippen LogP contribution in [-0.4, -0.2) is 36.1 Å². The number of pyridine rings is 1. The molecule has 1 aromatic heterocycles. The molecule has 0 saturated carbocycles. The van der Waals surface area contributed by atoms with Crippen molar-refractivity contribution >= 4 is 5.82 Å². The standard InChI is InChI=1S/C15H22N4/c1-12-10-13(2)18-15(14(12)11-16)17-6-9-19-7-4-3-5-8-19/h10H,3-9H2,1-2H3,(H,17,18). The van der Waals surface area contributed by atoms with Gasteiger partial charge in [0.05, 0.1) is 5.56 Å². The van der Waals surface area contributed by atoms with Crippen LogP contribution in [0.3, 0.4) is 0 Å². The number of piperidine rings is 1. The normalized spacial score (nSPS) is 16.1. The lowest BCUT2D eigenvalue weighted by Gasteiger charge is -2.26. The molecule has 0 bridgehead atoms. The van der Waals surface area contributed by atoms with Gasteiger partial charge in [0.1, 0.15) is 11.9 Å². The second kappa shape index (κ2) is 6.53. The Morgan fingerprint density at radius 1 is 1.32 bits per heavy atom. The van der Waals surface area contributed by atoms with Gasteiger partial charge in [-0.1, -0.05) is 6.42 Å². The van der Waals surface area contributed by atoms with Crippen LogP contribution in [0.1, 0.15) is 36.1 Å². The van der Waals surface area contributed by atoms with Crippen molar-refractivity contribution < 1.29 is 0 Å². The van der Waals surface area contributed by atoms with E-state index >= 15 is 0 Å². The minimum Gasteiger partial charge on any atom is -0.368 e. The maximum Gasteiger partial charge on any atom is 0.144 e. The van der Waals surface area contributed by atoms with Crippen molar-refractivity contribution in [1.29, 1.82) is 5.26 Å². The van der Waals surface area contributed by atoms with Gasteiger partial charge in [-0.2, -0.15) is 5.26 Å². The minimum absolute atomic E-state index is 0.671. The van der Waals surface area contributed by atoms with E-state index < -0.39 is 0 Å². The molecule has 1 saturated heterocycles. The summed E-state index contributed by atoms with van der Waals surface area (Å²) in [5, 5.41) is 12.5. The summed E-state index contributed by atoms with van der Waals surface area (Å²) >= 11 is 0. The average molecular weight is 258 g/mol. The van der Waals surface area contributed by atoms with Gasteiger partial charge in [0, 0.05) is 18.8 Å². The third kappa shape index (κ3) is 3.68. The number of aromatic nitrogens is 1. The van der Waals surface area contributed by atoms with E-state index in [1.54, 1.807) is 0 Å². The van der Waals surface area contributed by atoms with Crippen molar-refractivity contribution in [3.05, 3.63) is 22.9 Å². The van der Waals surface area contributed by atoms with E-state index in [0.717, 1.165) is 30.2 Å². The van der Waals surface area contributed by atoms with Gasteiger partial charge in [-0.3, -0.25) is 0 Å². The molecule has 0 unspecified atom stereocenters. The van der Waals surface area contributed by atoms with Crippen molar-refractivity contribution in [2.75, 3.05) is 31.5 Å². The zero-order valence-electron chi connectivity index (χ0n) is 11.9.